The largest absolute Gasteiger partial charge is 0.356 e. The van der Waals surface area contributed by atoms with Crippen LogP contribution in [0.25, 0.3) is 0 Å². The van der Waals surface area contributed by atoms with Crippen molar-refractivity contribution in [2.24, 2.45) is 4.99 Å². The Bertz CT molecular complexity index is 500. The number of likely N-dealkylation sites (tertiary alicyclic amines) is 1. The Kier molecular flexibility index (Phi) is 7.62. The van der Waals surface area contributed by atoms with E-state index < -0.39 is 0 Å². The zero-order chi connectivity index (χ0) is 15.2. The van der Waals surface area contributed by atoms with Gasteiger partial charge in [0.05, 0.1) is 0 Å². The normalized spacial score (nSPS) is 21.8. The molecule has 23 heavy (non-hydrogen) atoms. The minimum absolute atomic E-state index is 0. The highest BCUT2D eigenvalue weighted by atomic mass is 127. The van der Waals surface area contributed by atoms with Crippen molar-refractivity contribution in [3.63, 3.8) is 0 Å². The monoisotopic (exact) mass is 428 g/mol. The second-order valence-corrected chi connectivity index (χ2v) is 6.50. The summed E-state index contributed by atoms with van der Waals surface area (Å²) in [6.07, 6.45) is 5.22. The smallest absolute Gasteiger partial charge is 0.191 e. The van der Waals surface area contributed by atoms with Crippen LogP contribution in [0.1, 0.15) is 43.7 Å². The van der Waals surface area contributed by atoms with Gasteiger partial charge in [0, 0.05) is 32.2 Å². The van der Waals surface area contributed by atoms with Crippen LogP contribution in [0.3, 0.4) is 0 Å². The van der Waals surface area contributed by atoms with Crippen LogP contribution in [-0.2, 0) is 13.1 Å². The Morgan fingerprint density at radius 3 is 2.65 bits per heavy atom. The van der Waals surface area contributed by atoms with E-state index in [1.165, 1.54) is 36.9 Å². The average molecular weight is 428 g/mol. The lowest BCUT2D eigenvalue weighted by atomic mass is 10.0. The molecule has 0 bridgehead atoms. The molecule has 4 nitrogen and oxygen atoms in total. The molecule has 2 aliphatic heterocycles. The van der Waals surface area contributed by atoms with Gasteiger partial charge in [-0.25, -0.2) is 0 Å². The summed E-state index contributed by atoms with van der Waals surface area (Å²) in [4.78, 5) is 7.04. The lowest BCUT2D eigenvalue weighted by Gasteiger charge is -2.33. The number of benzene rings is 1. The van der Waals surface area contributed by atoms with Crippen LogP contribution in [0, 0.1) is 0 Å². The zero-order valence-corrected chi connectivity index (χ0v) is 16.4. The molecule has 0 aromatic heterocycles. The fourth-order valence-corrected chi connectivity index (χ4v) is 3.23. The Morgan fingerprint density at radius 2 is 1.96 bits per heavy atom. The number of halogens is 1. The van der Waals surface area contributed by atoms with Crippen LogP contribution < -0.4 is 10.6 Å². The third-order valence-corrected chi connectivity index (χ3v) is 4.71. The molecule has 5 heteroatoms. The van der Waals surface area contributed by atoms with Gasteiger partial charge in [0.25, 0.3) is 0 Å². The Hall–Kier alpha value is -0.820. The molecule has 1 fully saturated rings. The highest BCUT2D eigenvalue weighted by Crippen LogP contribution is 2.19. The van der Waals surface area contributed by atoms with Crippen molar-refractivity contribution in [2.45, 2.75) is 51.7 Å². The van der Waals surface area contributed by atoms with E-state index >= 15 is 0 Å². The highest BCUT2D eigenvalue weighted by molar-refractivity contribution is 14.0. The van der Waals surface area contributed by atoms with Gasteiger partial charge in [0.15, 0.2) is 5.96 Å². The van der Waals surface area contributed by atoms with Gasteiger partial charge in [0.1, 0.15) is 0 Å². The van der Waals surface area contributed by atoms with Crippen molar-refractivity contribution in [3.05, 3.63) is 35.4 Å². The first kappa shape index (κ1) is 18.5. The molecule has 3 rings (SSSR count). The third kappa shape index (κ3) is 5.64. The first-order valence-corrected chi connectivity index (χ1v) is 8.65. The number of rotatable bonds is 4. The summed E-state index contributed by atoms with van der Waals surface area (Å²) in [6, 6.07) is 9.74. The molecule has 1 aromatic carbocycles. The van der Waals surface area contributed by atoms with E-state index in [2.05, 4.69) is 51.7 Å². The molecule has 2 aliphatic rings. The topological polar surface area (TPSA) is 39.7 Å². The van der Waals surface area contributed by atoms with Gasteiger partial charge in [-0.15, -0.1) is 24.0 Å². The van der Waals surface area contributed by atoms with E-state index in [0.717, 1.165) is 44.6 Å². The van der Waals surface area contributed by atoms with Gasteiger partial charge in [-0.3, -0.25) is 9.89 Å². The minimum Gasteiger partial charge on any atom is -0.356 e. The summed E-state index contributed by atoms with van der Waals surface area (Å²) in [5.41, 5.74) is 2.73. The minimum atomic E-state index is 0. The van der Waals surface area contributed by atoms with Crippen molar-refractivity contribution in [3.8, 4) is 0 Å². The summed E-state index contributed by atoms with van der Waals surface area (Å²) in [7, 11) is 0. The number of hydrogen-bond donors (Lipinski definition) is 2. The predicted octanol–water partition coefficient (Wildman–Crippen LogP) is 3.12. The molecule has 1 unspecified atom stereocenters. The molecule has 0 saturated carbocycles. The van der Waals surface area contributed by atoms with Crippen LogP contribution in [0.5, 0.6) is 0 Å². The molecule has 0 spiro atoms. The van der Waals surface area contributed by atoms with Gasteiger partial charge in [-0.05, 0) is 43.9 Å². The maximum absolute atomic E-state index is 4.44. The zero-order valence-electron chi connectivity index (χ0n) is 14.1. The van der Waals surface area contributed by atoms with Gasteiger partial charge in [0.2, 0.25) is 0 Å². The summed E-state index contributed by atoms with van der Waals surface area (Å²) in [6.45, 7) is 7.49. The first-order chi connectivity index (χ1) is 10.8. The highest BCUT2D eigenvalue weighted by Gasteiger charge is 2.17. The molecule has 1 atom stereocenters. The van der Waals surface area contributed by atoms with Crippen LogP contribution in [-0.4, -0.2) is 36.5 Å². The van der Waals surface area contributed by atoms with E-state index in [4.69, 9.17) is 0 Å². The van der Waals surface area contributed by atoms with E-state index in [1.54, 1.807) is 0 Å². The van der Waals surface area contributed by atoms with Gasteiger partial charge in [-0.1, -0.05) is 30.7 Å². The third-order valence-electron chi connectivity index (χ3n) is 4.71. The van der Waals surface area contributed by atoms with Crippen LogP contribution in [0.2, 0.25) is 0 Å². The quantitative estimate of drug-likeness (QED) is 0.725. The maximum Gasteiger partial charge on any atom is 0.191 e. The van der Waals surface area contributed by atoms with Gasteiger partial charge < -0.3 is 10.6 Å². The second kappa shape index (κ2) is 9.47. The molecule has 2 heterocycles. The summed E-state index contributed by atoms with van der Waals surface area (Å²) in [5, 5.41) is 6.67. The summed E-state index contributed by atoms with van der Waals surface area (Å²) in [5.74, 6) is 0.942. The van der Waals surface area contributed by atoms with Gasteiger partial charge in [-0.2, -0.15) is 0 Å². The van der Waals surface area contributed by atoms with Crippen LogP contribution in [0.4, 0.5) is 0 Å². The molecule has 2 N–H and O–H groups in total. The van der Waals surface area contributed by atoms with E-state index in [1.807, 2.05) is 0 Å². The number of hydrogen-bond acceptors (Lipinski definition) is 4. The number of aliphatic imine (C=N–C) groups is 1. The summed E-state index contributed by atoms with van der Waals surface area (Å²) >= 11 is 0. The fourth-order valence-electron chi connectivity index (χ4n) is 3.23. The standard InChI is InChI=1S/C18H28N4.HI/c1-15-5-2-3-12-22(15)14-17-8-6-16(7-9-17)13-21-18-19-10-4-11-20-18;/h6-9,15H,2-5,10-14H2,1H3,(H2,19,20,21);1H. The molecule has 128 valence electrons. The number of nitrogens with one attached hydrogen (secondary N) is 2. The number of nitrogens with zero attached hydrogens (tertiary/aromatic N) is 2. The van der Waals surface area contributed by atoms with Crippen molar-refractivity contribution >= 4 is 29.9 Å². The predicted molar refractivity (Wildman–Crippen MR) is 107 cm³/mol. The van der Waals surface area contributed by atoms with E-state index in [0.29, 0.717) is 0 Å². The van der Waals surface area contributed by atoms with Gasteiger partial charge >= 0.3 is 0 Å². The lowest BCUT2D eigenvalue weighted by Crippen LogP contribution is -2.40. The van der Waals surface area contributed by atoms with Crippen molar-refractivity contribution in [1.82, 2.24) is 15.5 Å². The maximum atomic E-state index is 4.44. The molecular weight excluding hydrogens is 399 g/mol. The van der Waals surface area contributed by atoms with Crippen LogP contribution in [0.15, 0.2) is 29.3 Å². The molecule has 1 saturated heterocycles. The van der Waals surface area contributed by atoms with E-state index in [-0.39, 0.29) is 24.0 Å². The number of piperidine rings is 1. The molecule has 0 radical (unpaired) electrons. The SMILES string of the molecule is CC1CCCCN1Cc1ccc(CNC2=NCCCN2)cc1.I. The molecule has 0 aliphatic carbocycles. The first-order valence-electron chi connectivity index (χ1n) is 8.65. The molecular formula is C18H29IN4. The molecule has 1 aromatic rings. The molecule has 0 amide bonds. The second-order valence-electron chi connectivity index (χ2n) is 6.50. The van der Waals surface area contributed by atoms with Crippen molar-refractivity contribution in [2.75, 3.05) is 19.6 Å². The average Bonchev–Trinajstić information content (AvgIpc) is 2.57. The fraction of sp³-hybridized carbons (Fsp3) is 0.611. The summed E-state index contributed by atoms with van der Waals surface area (Å²) < 4.78 is 0. The Labute approximate surface area is 157 Å². The lowest BCUT2D eigenvalue weighted by molar-refractivity contribution is 0.152. The van der Waals surface area contributed by atoms with Crippen molar-refractivity contribution < 1.29 is 0 Å². The Morgan fingerprint density at radius 1 is 1.17 bits per heavy atom. The Balaban J connectivity index is 0.00000192. The number of guanidine groups is 1. The van der Waals surface area contributed by atoms with E-state index in [9.17, 15) is 0 Å². The van der Waals surface area contributed by atoms with Crippen molar-refractivity contribution in [1.29, 1.82) is 0 Å². The van der Waals surface area contributed by atoms with Crippen LogP contribution >= 0.6 is 24.0 Å².